The predicted molar refractivity (Wildman–Crippen MR) is 95.5 cm³/mol. The molecule has 2 aromatic carbocycles. The highest BCUT2D eigenvalue weighted by Crippen LogP contribution is 2.33. The lowest BCUT2D eigenvalue weighted by Crippen LogP contribution is -2.46. The van der Waals surface area contributed by atoms with Gasteiger partial charge >= 0.3 is 12.0 Å². The Kier molecular flexibility index (Phi) is 5.02. The van der Waals surface area contributed by atoms with Crippen molar-refractivity contribution in [3.05, 3.63) is 71.3 Å². The minimum Gasteiger partial charge on any atom is -0.480 e. The summed E-state index contributed by atoms with van der Waals surface area (Å²) in [4.78, 5) is 35.8. The molecule has 0 spiro atoms. The standard InChI is InChI=1S/C20H20N2O4/c21-20(26)22-17(19(24)25)12-16(18(22)23)15-10-8-14(9-11-15)7-6-13-4-2-1-3-5-13/h1-5,8-11,16-17H,6-7,12H2,(H2,21,26)(H,24,25)/t16-,17+/m0/s1. The molecule has 1 fully saturated rings. The number of primary amides is 1. The van der Waals surface area contributed by atoms with E-state index in [0.29, 0.717) is 10.5 Å². The average molecular weight is 352 g/mol. The van der Waals surface area contributed by atoms with E-state index < -0.39 is 29.9 Å². The molecule has 26 heavy (non-hydrogen) atoms. The number of urea groups is 1. The number of carbonyl (C=O) groups excluding carboxylic acids is 2. The van der Waals surface area contributed by atoms with Gasteiger partial charge in [-0.15, -0.1) is 0 Å². The summed E-state index contributed by atoms with van der Waals surface area (Å²) in [5.74, 6) is -2.44. The molecule has 1 saturated heterocycles. The van der Waals surface area contributed by atoms with E-state index >= 15 is 0 Å². The lowest BCUT2D eigenvalue weighted by atomic mass is 9.94. The number of hydrogen-bond donors (Lipinski definition) is 2. The van der Waals surface area contributed by atoms with Crippen LogP contribution in [0.15, 0.2) is 54.6 Å². The summed E-state index contributed by atoms with van der Waals surface area (Å²) >= 11 is 0. The number of carbonyl (C=O) groups is 3. The van der Waals surface area contributed by atoms with Crippen molar-refractivity contribution in [2.75, 3.05) is 0 Å². The Morgan fingerprint density at radius 3 is 2.08 bits per heavy atom. The number of carboxylic acid groups (broad SMARTS) is 1. The van der Waals surface area contributed by atoms with Crippen molar-refractivity contribution in [2.45, 2.75) is 31.2 Å². The van der Waals surface area contributed by atoms with Gasteiger partial charge in [-0.3, -0.25) is 4.79 Å². The van der Waals surface area contributed by atoms with E-state index in [9.17, 15) is 19.5 Å². The molecule has 2 atom stereocenters. The molecule has 1 aliphatic rings. The maximum atomic E-state index is 12.4. The first-order valence-corrected chi connectivity index (χ1v) is 8.45. The van der Waals surface area contributed by atoms with E-state index in [4.69, 9.17) is 5.73 Å². The highest BCUT2D eigenvalue weighted by Gasteiger charge is 2.46. The van der Waals surface area contributed by atoms with Crippen LogP contribution in [-0.4, -0.2) is 34.0 Å². The maximum absolute atomic E-state index is 12.4. The first-order valence-electron chi connectivity index (χ1n) is 8.45. The van der Waals surface area contributed by atoms with Crippen molar-refractivity contribution in [3.63, 3.8) is 0 Å². The minimum absolute atomic E-state index is 0.0421. The number of imide groups is 1. The van der Waals surface area contributed by atoms with Crippen LogP contribution in [0.4, 0.5) is 4.79 Å². The largest absolute Gasteiger partial charge is 0.480 e. The Morgan fingerprint density at radius 2 is 1.58 bits per heavy atom. The zero-order chi connectivity index (χ0) is 18.7. The second-order valence-electron chi connectivity index (χ2n) is 6.42. The molecule has 3 rings (SSSR count). The van der Waals surface area contributed by atoms with Crippen LogP contribution in [0.5, 0.6) is 0 Å². The lowest BCUT2D eigenvalue weighted by molar-refractivity contribution is -0.144. The molecule has 6 heteroatoms. The van der Waals surface area contributed by atoms with Crippen LogP contribution in [0.1, 0.15) is 29.0 Å². The number of nitrogens with zero attached hydrogens (tertiary/aromatic N) is 1. The van der Waals surface area contributed by atoms with Crippen LogP contribution in [0.25, 0.3) is 0 Å². The molecule has 0 bridgehead atoms. The molecule has 3 amide bonds. The second-order valence-corrected chi connectivity index (χ2v) is 6.42. The highest BCUT2D eigenvalue weighted by molar-refractivity contribution is 6.03. The molecular formula is C20H20N2O4. The normalized spacial score (nSPS) is 19.5. The molecule has 1 aliphatic heterocycles. The highest BCUT2D eigenvalue weighted by atomic mass is 16.4. The molecule has 0 radical (unpaired) electrons. The molecule has 134 valence electrons. The van der Waals surface area contributed by atoms with Crippen molar-refractivity contribution in [2.24, 2.45) is 5.73 Å². The van der Waals surface area contributed by atoms with E-state index in [2.05, 4.69) is 12.1 Å². The van der Waals surface area contributed by atoms with E-state index in [1.54, 1.807) is 0 Å². The van der Waals surface area contributed by atoms with E-state index in [1.807, 2.05) is 42.5 Å². The molecular weight excluding hydrogens is 332 g/mol. The number of aryl methyl sites for hydroxylation is 2. The summed E-state index contributed by atoms with van der Waals surface area (Å²) < 4.78 is 0. The molecule has 0 unspecified atom stereocenters. The number of aliphatic carboxylic acids is 1. The van der Waals surface area contributed by atoms with Gasteiger partial charge in [-0.25, -0.2) is 14.5 Å². The molecule has 3 N–H and O–H groups in total. The number of likely N-dealkylation sites (tertiary alicyclic amines) is 1. The SMILES string of the molecule is NC(=O)N1C(=O)[C@H](c2ccc(CCc3ccccc3)cc2)C[C@@H]1C(=O)O. The fourth-order valence-corrected chi connectivity index (χ4v) is 3.35. The van der Waals surface area contributed by atoms with Crippen molar-refractivity contribution < 1.29 is 19.5 Å². The van der Waals surface area contributed by atoms with E-state index in [-0.39, 0.29) is 6.42 Å². The van der Waals surface area contributed by atoms with Gasteiger partial charge < -0.3 is 10.8 Å². The van der Waals surface area contributed by atoms with Gasteiger partial charge in [0.2, 0.25) is 5.91 Å². The summed E-state index contributed by atoms with van der Waals surface area (Å²) in [5, 5.41) is 9.24. The Balaban J connectivity index is 1.71. The van der Waals surface area contributed by atoms with Crippen LogP contribution in [0.2, 0.25) is 0 Å². The summed E-state index contributed by atoms with van der Waals surface area (Å²) in [6.45, 7) is 0. The monoisotopic (exact) mass is 352 g/mol. The number of hydrogen-bond acceptors (Lipinski definition) is 3. The van der Waals surface area contributed by atoms with E-state index in [0.717, 1.165) is 18.4 Å². The van der Waals surface area contributed by atoms with E-state index in [1.165, 1.54) is 5.56 Å². The van der Waals surface area contributed by atoms with Gasteiger partial charge in [0.1, 0.15) is 6.04 Å². The van der Waals surface area contributed by atoms with Gasteiger partial charge in [0.05, 0.1) is 5.92 Å². The molecule has 1 heterocycles. The smallest absolute Gasteiger partial charge is 0.327 e. The third kappa shape index (κ3) is 3.59. The predicted octanol–water partition coefficient (Wildman–Crippen LogP) is 2.32. The zero-order valence-corrected chi connectivity index (χ0v) is 14.2. The van der Waals surface area contributed by atoms with Gasteiger partial charge in [0.25, 0.3) is 0 Å². The van der Waals surface area contributed by atoms with Gasteiger partial charge in [-0.2, -0.15) is 0 Å². The van der Waals surface area contributed by atoms with Crippen LogP contribution in [0, 0.1) is 0 Å². The summed E-state index contributed by atoms with van der Waals surface area (Å²) in [6.07, 6.45) is 1.83. The third-order valence-corrected chi connectivity index (χ3v) is 4.76. The van der Waals surface area contributed by atoms with Crippen LogP contribution in [0.3, 0.4) is 0 Å². The number of nitrogens with two attached hydrogens (primary N) is 1. The Bertz CT molecular complexity index is 817. The number of benzene rings is 2. The first-order chi connectivity index (χ1) is 12.5. The zero-order valence-electron chi connectivity index (χ0n) is 14.2. The van der Waals surface area contributed by atoms with Gasteiger partial charge in [-0.1, -0.05) is 54.6 Å². The summed E-state index contributed by atoms with van der Waals surface area (Å²) in [5.41, 5.74) is 8.26. The Hall–Kier alpha value is -3.15. The van der Waals surface area contributed by atoms with Gasteiger partial charge in [0.15, 0.2) is 0 Å². The topological polar surface area (TPSA) is 101 Å². The molecule has 0 aliphatic carbocycles. The van der Waals surface area contributed by atoms with Crippen LogP contribution >= 0.6 is 0 Å². The van der Waals surface area contributed by atoms with Crippen LogP contribution in [-0.2, 0) is 22.4 Å². The van der Waals surface area contributed by atoms with Gasteiger partial charge in [0, 0.05) is 0 Å². The number of carboxylic acids is 1. The lowest BCUT2D eigenvalue weighted by Gasteiger charge is -2.16. The first kappa shape index (κ1) is 17.7. The summed E-state index contributed by atoms with van der Waals surface area (Å²) in [6, 6.07) is 15.5. The van der Waals surface area contributed by atoms with Crippen molar-refractivity contribution >= 4 is 17.9 Å². The van der Waals surface area contributed by atoms with Crippen LogP contribution < -0.4 is 5.73 Å². The van der Waals surface area contributed by atoms with Crippen molar-refractivity contribution in [3.8, 4) is 0 Å². The average Bonchev–Trinajstić information content (AvgIpc) is 2.99. The minimum atomic E-state index is -1.22. The third-order valence-electron chi connectivity index (χ3n) is 4.76. The Labute approximate surface area is 151 Å². The maximum Gasteiger partial charge on any atom is 0.327 e. The molecule has 6 nitrogen and oxygen atoms in total. The molecule has 0 saturated carbocycles. The molecule has 2 aromatic rings. The fourth-order valence-electron chi connectivity index (χ4n) is 3.35. The van der Waals surface area contributed by atoms with Crippen molar-refractivity contribution in [1.29, 1.82) is 0 Å². The quantitative estimate of drug-likeness (QED) is 0.862. The number of amides is 3. The summed E-state index contributed by atoms with van der Waals surface area (Å²) in [7, 11) is 0. The van der Waals surface area contributed by atoms with Gasteiger partial charge in [-0.05, 0) is 36.0 Å². The van der Waals surface area contributed by atoms with Crippen molar-refractivity contribution in [1.82, 2.24) is 4.90 Å². The fraction of sp³-hybridized carbons (Fsp3) is 0.250. The second kappa shape index (κ2) is 7.39. The number of rotatable bonds is 5. The molecule has 0 aromatic heterocycles. The Morgan fingerprint density at radius 1 is 1.00 bits per heavy atom.